The average molecular weight is 299 g/mol. The molecule has 9 heteroatoms. The molecule has 2 aromatic rings. The van der Waals surface area contributed by atoms with Gasteiger partial charge in [-0.1, -0.05) is 0 Å². The van der Waals surface area contributed by atoms with Gasteiger partial charge < -0.3 is 15.2 Å². The molecule has 0 aliphatic rings. The fourth-order valence-electron chi connectivity index (χ4n) is 1.74. The Morgan fingerprint density at radius 1 is 1.50 bits per heavy atom. The van der Waals surface area contributed by atoms with Gasteiger partial charge in [-0.05, 0) is 19.1 Å². The average Bonchev–Trinajstić information content (AvgIpc) is 2.80. The van der Waals surface area contributed by atoms with Gasteiger partial charge in [0, 0.05) is 17.8 Å². The fraction of sp³-hybridized carbons (Fsp3) is 0.273. The standard InChI is InChI=1S/C11H13N3O5S/c1-6(15)9(11(16)17)14-20(18,19)8-5-13-10-7(8)3-2-4-12-10/h2-6,9,14-15H,1H3,(H,12,13)(H,16,17). The predicted molar refractivity (Wildman–Crippen MR) is 69.5 cm³/mol. The van der Waals surface area contributed by atoms with Crippen LogP contribution in [0.3, 0.4) is 0 Å². The first-order chi connectivity index (χ1) is 9.33. The fourth-order valence-corrected chi connectivity index (χ4v) is 3.17. The van der Waals surface area contributed by atoms with Crippen LogP contribution >= 0.6 is 0 Å². The number of sulfonamides is 1. The summed E-state index contributed by atoms with van der Waals surface area (Å²) in [6.45, 7) is 1.19. The molecule has 8 nitrogen and oxygen atoms in total. The van der Waals surface area contributed by atoms with Crippen LogP contribution in [-0.4, -0.2) is 46.7 Å². The Morgan fingerprint density at radius 3 is 2.80 bits per heavy atom. The van der Waals surface area contributed by atoms with E-state index in [0.29, 0.717) is 11.0 Å². The summed E-state index contributed by atoms with van der Waals surface area (Å²) in [5, 5.41) is 18.6. The second-order valence-electron chi connectivity index (χ2n) is 4.23. The van der Waals surface area contributed by atoms with Crippen molar-refractivity contribution in [1.82, 2.24) is 14.7 Å². The maximum absolute atomic E-state index is 12.2. The number of H-pyrrole nitrogens is 1. The molecule has 0 aliphatic carbocycles. The second kappa shape index (κ2) is 5.19. The van der Waals surface area contributed by atoms with Crippen molar-refractivity contribution in [3.8, 4) is 0 Å². The molecular formula is C11H13N3O5S. The monoisotopic (exact) mass is 299 g/mol. The van der Waals surface area contributed by atoms with Gasteiger partial charge in [-0.3, -0.25) is 4.79 Å². The van der Waals surface area contributed by atoms with Gasteiger partial charge in [0.15, 0.2) is 0 Å². The molecule has 0 bridgehead atoms. The minimum Gasteiger partial charge on any atom is -0.480 e. The van der Waals surface area contributed by atoms with Gasteiger partial charge in [0.25, 0.3) is 0 Å². The maximum atomic E-state index is 12.2. The number of fused-ring (bicyclic) bond motifs is 1. The molecule has 0 saturated heterocycles. The molecule has 2 unspecified atom stereocenters. The number of aromatic nitrogens is 2. The van der Waals surface area contributed by atoms with E-state index in [9.17, 15) is 18.3 Å². The maximum Gasteiger partial charge on any atom is 0.324 e. The molecule has 2 aromatic heterocycles. The number of aromatic amines is 1. The third-order valence-corrected chi connectivity index (χ3v) is 4.21. The third kappa shape index (κ3) is 2.64. The molecule has 0 radical (unpaired) electrons. The Kier molecular flexibility index (Phi) is 3.75. The minimum absolute atomic E-state index is 0.118. The second-order valence-corrected chi connectivity index (χ2v) is 5.91. The quantitative estimate of drug-likeness (QED) is 0.598. The van der Waals surface area contributed by atoms with Crippen LogP contribution in [0.2, 0.25) is 0 Å². The van der Waals surface area contributed by atoms with Crippen molar-refractivity contribution < 1.29 is 23.4 Å². The number of aliphatic hydroxyl groups excluding tert-OH is 1. The largest absolute Gasteiger partial charge is 0.480 e. The molecule has 108 valence electrons. The van der Waals surface area contributed by atoms with E-state index in [1.165, 1.54) is 19.3 Å². The lowest BCUT2D eigenvalue weighted by molar-refractivity contribution is -0.141. The number of aliphatic carboxylic acids is 1. The summed E-state index contributed by atoms with van der Waals surface area (Å²) in [5.74, 6) is -1.46. The van der Waals surface area contributed by atoms with Crippen LogP contribution in [0.25, 0.3) is 11.0 Å². The molecule has 2 atom stereocenters. The van der Waals surface area contributed by atoms with Gasteiger partial charge in [-0.25, -0.2) is 13.4 Å². The third-order valence-electron chi connectivity index (χ3n) is 2.73. The Labute approximate surface area is 114 Å². The smallest absolute Gasteiger partial charge is 0.324 e. The van der Waals surface area contributed by atoms with Gasteiger partial charge in [0.2, 0.25) is 10.0 Å². The molecule has 0 amide bonds. The van der Waals surface area contributed by atoms with Crippen LogP contribution in [0.15, 0.2) is 29.4 Å². The van der Waals surface area contributed by atoms with Crippen molar-refractivity contribution in [1.29, 1.82) is 0 Å². The zero-order chi connectivity index (χ0) is 14.9. The Bertz CT molecular complexity index is 737. The van der Waals surface area contributed by atoms with E-state index >= 15 is 0 Å². The zero-order valence-corrected chi connectivity index (χ0v) is 11.3. The molecular weight excluding hydrogens is 286 g/mol. The normalized spacial score (nSPS) is 15.1. The van der Waals surface area contributed by atoms with Crippen LogP contribution in [-0.2, 0) is 14.8 Å². The van der Waals surface area contributed by atoms with Gasteiger partial charge in [0.05, 0.1) is 6.10 Å². The highest BCUT2D eigenvalue weighted by Gasteiger charge is 2.30. The van der Waals surface area contributed by atoms with E-state index in [-0.39, 0.29) is 4.90 Å². The Hall–Kier alpha value is -1.97. The zero-order valence-electron chi connectivity index (χ0n) is 10.4. The van der Waals surface area contributed by atoms with E-state index < -0.39 is 28.1 Å². The van der Waals surface area contributed by atoms with E-state index in [0.717, 1.165) is 0 Å². The molecule has 0 fully saturated rings. The molecule has 0 aromatic carbocycles. The number of nitrogens with zero attached hydrogens (tertiary/aromatic N) is 1. The summed E-state index contributed by atoms with van der Waals surface area (Å²) in [5.41, 5.74) is 0.372. The SMILES string of the molecule is CC(O)C(NS(=O)(=O)c1c[nH]c2ncccc12)C(=O)O. The Morgan fingerprint density at radius 2 is 2.20 bits per heavy atom. The number of hydrogen-bond donors (Lipinski definition) is 4. The molecule has 2 heterocycles. The summed E-state index contributed by atoms with van der Waals surface area (Å²) in [6.07, 6.45) is 1.35. The number of carbonyl (C=O) groups is 1. The van der Waals surface area contributed by atoms with Gasteiger partial charge in [-0.2, -0.15) is 4.72 Å². The highest BCUT2D eigenvalue weighted by atomic mass is 32.2. The first-order valence-electron chi connectivity index (χ1n) is 5.68. The van der Waals surface area contributed by atoms with E-state index in [1.54, 1.807) is 12.1 Å². The first kappa shape index (κ1) is 14.4. The summed E-state index contributed by atoms with van der Waals surface area (Å²) in [4.78, 5) is 17.5. The molecule has 0 aliphatic heterocycles. The van der Waals surface area contributed by atoms with E-state index in [2.05, 4.69) is 9.97 Å². The molecule has 0 spiro atoms. The summed E-state index contributed by atoms with van der Waals surface area (Å²) < 4.78 is 26.3. The van der Waals surface area contributed by atoms with Crippen molar-refractivity contribution >= 4 is 27.0 Å². The van der Waals surface area contributed by atoms with Crippen molar-refractivity contribution in [2.45, 2.75) is 24.0 Å². The number of pyridine rings is 1. The number of rotatable bonds is 5. The summed E-state index contributed by atoms with van der Waals surface area (Å²) in [7, 11) is -4.09. The van der Waals surface area contributed by atoms with Crippen LogP contribution < -0.4 is 4.72 Å². The van der Waals surface area contributed by atoms with E-state index in [1.807, 2.05) is 4.72 Å². The first-order valence-corrected chi connectivity index (χ1v) is 7.16. The molecule has 4 N–H and O–H groups in total. The van der Waals surface area contributed by atoms with Gasteiger partial charge in [-0.15, -0.1) is 0 Å². The predicted octanol–water partition coefficient (Wildman–Crippen LogP) is -0.325. The number of hydrogen-bond acceptors (Lipinski definition) is 5. The van der Waals surface area contributed by atoms with Gasteiger partial charge >= 0.3 is 5.97 Å². The molecule has 0 saturated carbocycles. The number of aliphatic hydroxyl groups is 1. The lowest BCUT2D eigenvalue weighted by atomic mass is 10.2. The van der Waals surface area contributed by atoms with Crippen molar-refractivity contribution in [3.63, 3.8) is 0 Å². The number of carboxylic acid groups (broad SMARTS) is 1. The van der Waals surface area contributed by atoms with Crippen molar-refractivity contribution in [3.05, 3.63) is 24.5 Å². The topological polar surface area (TPSA) is 132 Å². The van der Waals surface area contributed by atoms with Crippen molar-refractivity contribution in [2.24, 2.45) is 0 Å². The van der Waals surface area contributed by atoms with Crippen molar-refractivity contribution in [2.75, 3.05) is 0 Å². The number of nitrogens with one attached hydrogen (secondary N) is 2. The van der Waals surface area contributed by atoms with Crippen LogP contribution in [0.1, 0.15) is 6.92 Å². The number of carboxylic acids is 1. The van der Waals surface area contributed by atoms with Crippen LogP contribution in [0.4, 0.5) is 0 Å². The van der Waals surface area contributed by atoms with Crippen LogP contribution in [0.5, 0.6) is 0 Å². The Balaban J connectivity index is 2.42. The lowest BCUT2D eigenvalue weighted by Crippen LogP contribution is -2.47. The van der Waals surface area contributed by atoms with Gasteiger partial charge in [0.1, 0.15) is 16.6 Å². The summed E-state index contributed by atoms with van der Waals surface area (Å²) in [6, 6.07) is 1.49. The lowest BCUT2D eigenvalue weighted by Gasteiger charge is -2.16. The van der Waals surface area contributed by atoms with Crippen LogP contribution in [0, 0.1) is 0 Å². The minimum atomic E-state index is -4.09. The highest BCUT2D eigenvalue weighted by Crippen LogP contribution is 2.21. The molecule has 2 rings (SSSR count). The highest BCUT2D eigenvalue weighted by molar-refractivity contribution is 7.89. The van der Waals surface area contributed by atoms with E-state index in [4.69, 9.17) is 5.11 Å². The molecule has 20 heavy (non-hydrogen) atoms. The summed E-state index contributed by atoms with van der Waals surface area (Å²) >= 11 is 0.